The van der Waals surface area contributed by atoms with Crippen molar-refractivity contribution in [3.63, 3.8) is 0 Å². The molecule has 180 valence electrons. The molecule has 2 aliphatic carbocycles. The van der Waals surface area contributed by atoms with Gasteiger partial charge in [-0.15, -0.1) is 12.0 Å². The van der Waals surface area contributed by atoms with Crippen LogP contribution in [0.2, 0.25) is 0 Å². The first kappa shape index (κ1) is 29.8. The van der Waals surface area contributed by atoms with E-state index >= 15 is 0 Å². The molecular formula is C33H28Cl2Ti-2. The van der Waals surface area contributed by atoms with Gasteiger partial charge in [0.25, 0.3) is 0 Å². The van der Waals surface area contributed by atoms with E-state index in [-0.39, 0.29) is 24.8 Å². The number of rotatable bonds is 2. The topological polar surface area (TPSA) is 0 Å². The molecule has 0 unspecified atom stereocenters. The Hall–Kier alpha value is -2.48. The fourth-order valence-electron chi connectivity index (χ4n) is 3.94. The monoisotopic (exact) mass is 542 g/mol. The minimum Gasteiger partial charge on any atom is -1.00 e. The van der Waals surface area contributed by atoms with Crippen molar-refractivity contribution in [2.45, 2.75) is 26.7 Å². The molecule has 0 aliphatic heterocycles. The largest absolute Gasteiger partial charge is 1.00 e. The maximum absolute atomic E-state index is 3.30. The summed E-state index contributed by atoms with van der Waals surface area (Å²) in [6.07, 6.45) is 11.0. The van der Waals surface area contributed by atoms with Gasteiger partial charge < -0.3 is 24.8 Å². The van der Waals surface area contributed by atoms with E-state index < -0.39 is 0 Å². The van der Waals surface area contributed by atoms with Crippen LogP contribution in [0, 0.1) is 26.0 Å². The minimum absolute atomic E-state index is 0. The smallest absolute Gasteiger partial charge is 0.0253 e. The Bertz CT molecular complexity index is 1220. The Kier molecular flexibility index (Phi) is 12.3. The number of allylic oxidation sites excluding steroid dienone is 4. The van der Waals surface area contributed by atoms with Gasteiger partial charge in [-0.25, -0.2) is 12.2 Å². The molecule has 0 spiro atoms. The van der Waals surface area contributed by atoms with Crippen molar-refractivity contribution >= 4 is 3.81 Å². The molecule has 6 rings (SSSR count). The molecule has 3 heteroatoms. The summed E-state index contributed by atoms with van der Waals surface area (Å²) in [7, 11) is 0. The summed E-state index contributed by atoms with van der Waals surface area (Å²) in [5, 5.41) is 0. The summed E-state index contributed by atoms with van der Waals surface area (Å²) in [4.78, 5) is 0. The Morgan fingerprint density at radius 2 is 1.31 bits per heavy atom. The third kappa shape index (κ3) is 8.02. The molecule has 4 aromatic rings. The van der Waals surface area contributed by atoms with E-state index in [0.29, 0.717) is 0 Å². The zero-order valence-electron chi connectivity index (χ0n) is 20.6. The van der Waals surface area contributed by atoms with Crippen LogP contribution in [0.5, 0.6) is 0 Å². The Labute approximate surface area is 239 Å². The summed E-state index contributed by atoms with van der Waals surface area (Å²) in [5.74, 6) is 0. The fraction of sp³-hybridized carbons (Fsp3) is 0.121. The summed E-state index contributed by atoms with van der Waals surface area (Å²) < 4.78 is 1.33. The summed E-state index contributed by atoms with van der Waals surface area (Å²) in [5.41, 5.74) is 10.7. The van der Waals surface area contributed by atoms with E-state index in [1.165, 1.54) is 48.3 Å². The molecule has 0 saturated heterocycles. The minimum atomic E-state index is 0. The van der Waals surface area contributed by atoms with Crippen molar-refractivity contribution in [1.82, 2.24) is 0 Å². The van der Waals surface area contributed by atoms with E-state index in [0.717, 1.165) is 12.8 Å². The molecule has 0 saturated carbocycles. The van der Waals surface area contributed by atoms with Crippen LogP contribution in [0.15, 0.2) is 109 Å². The number of hydrogen-bond donors (Lipinski definition) is 0. The van der Waals surface area contributed by atoms with Crippen molar-refractivity contribution in [1.29, 1.82) is 0 Å². The van der Waals surface area contributed by atoms with Gasteiger partial charge in [-0.1, -0.05) is 35.4 Å². The molecule has 0 heterocycles. The van der Waals surface area contributed by atoms with E-state index in [1.54, 1.807) is 0 Å². The van der Waals surface area contributed by atoms with E-state index in [1.807, 2.05) is 18.2 Å². The van der Waals surface area contributed by atoms with Gasteiger partial charge in [-0.05, 0) is 6.42 Å². The Morgan fingerprint density at radius 1 is 0.722 bits per heavy atom. The SMILES string of the molecule is Cc1ccc([C](=[Ti+2])c2ccc(C)cc2)cc1.[C-]1=CC=CC1.[Cl-].[Cl-].[c-]1cccc2c1Cc1ccccc1-2. The fourth-order valence-corrected chi connectivity index (χ4v) is 4.47. The van der Waals surface area contributed by atoms with Crippen LogP contribution in [0.25, 0.3) is 11.1 Å². The van der Waals surface area contributed by atoms with Gasteiger partial charge in [-0.3, -0.25) is 6.08 Å². The van der Waals surface area contributed by atoms with Gasteiger partial charge >= 0.3 is 108 Å². The van der Waals surface area contributed by atoms with Crippen LogP contribution in [0.3, 0.4) is 0 Å². The third-order valence-corrected chi connectivity index (χ3v) is 6.78. The predicted molar refractivity (Wildman–Crippen MR) is 141 cm³/mol. The standard InChI is InChI=1S/C15H14.C13H9.C5H5.2ClH.Ti/c1-12-3-7-14(8-4-12)11-15-9-5-13(2)6-10-15;1-3-7-12-10(5-1)9-11-6-2-4-8-13(11)12;1-2-4-5-3-1;;;/h3-10H,1-2H3;1-5,7-8H,9H2;1-3H,4H2;2*1H;/q;2*-1;;;+2/p-2. The normalized spacial score (nSPS) is 11.4. The second kappa shape index (κ2) is 14.9. The predicted octanol–water partition coefficient (Wildman–Crippen LogP) is 1.79. The van der Waals surface area contributed by atoms with Gasteiger partial charge in [-0.2, -0.15) is 35.9 Å². The second-order valence-electron chi connectivity index (χ2n) is 8.51. The maximum Gasteiger partial charge on any atom is -0.0253 e. The molecule has 0 aromatic heterocycles. The van der Waals surface area contributed by atoms with Crippen molar-refractivity contribution in [3.05, 3.63) is 155 Å². The molecule has 36 heavy (non-hydrogen) atoms. The number of halogens is 2. The number of fused-ring (bicyclic) bond motifs is 3. The van der Waals surface area contributed by atoms with Crippen molar-refractivity contribution < 1.29 is 44.8 Å². The molecule has 0 fully saturated rings. The first-order valence-electron chi connectivity index (χ1n) is 11.6. The molecule has 4 aromatic carbocycles. The van der Waals surface area contributed by atoms with Crippen LogP contribution in [-0.2, 0) is 26.4 Å². The molecule has 0 atom stereocenters. The average molecular weight is 543 g/mol. The van der Waals surface area contributed by atoms with Crippen molar-refractivity contribution in [3.8, 4) is 11.1 Å². The third-order valence-electron chi connectivity index (χ3n) is 5.88. The number of hydrogen-bond acceptors (Lipinski definition) is 0. The average Bonchev–Trinajstić information content (AvgIpc) is 3.57. The van der Waals surface area contributed by atoms with Crippen LogP contribution in [0.4, 0.5) is 0 Å². The van der Waals surface area contributed by atoms with Gasteiger partial charge in [0.1, 0.15) is 0 Å². The summed E-state index contributed by atoms with van der Waals surface area (Å²) in [6.45, 7) is 4.23. The quantitative estimate of drug-likeness (QED) is 0.236. The second-order valence-corrected chi connectivity index (χ2v) is 9.29. The van der Waals surface area contributed by atoms with Crippen molar-refractivity contribution in [2.75, 3.05) is 0 Å². The van der Waals surface area contributed by atoms with E-state index in [2.05, 4.69) is 137 Å². The zero-order valence-corrected chi connectivity index (χ0v) is 23.6. The number of benzene rings is 4. The first-order chi connectivity index (χ1) is 16.6. The van der Waals surface area contributed by atoms with Crippen LogP contribution < -0.4 is 24.8 Å². The molecule has 0 amide bonds. The molecule has 0 bridgehead atoms. The summed E-state index contributed by atoms with van der Waals surface area (Å²) >= 11 is 2.18. The molecule has 0 nitrogen and oxygen atoms in total. The van der Waals surface area contributed by atoms with Crippen LogP contribution in [0.1, 0.15) is 39.8 Å². The van der Waals surface area contributed by atoms with Crippen LogP contribution in [-0.4, -0.2) is 3.81 Å². The maximum atomic E-state index is 3.30. The van der Waals surface area contributed by atoms with Crippen LogP contribution >= 0.6 is 0 Å². The molecule has 0 N–H and O–H groups in total. The molecule has 2 aliphatic rings. The van der Waals surface area contributed by atoms with Gasteiger partial charge in [0.2, 0.25) is 0 Å². The molecule has 0 radical (unpaired) electrons. The number of aryl methyl sites for hydroxylation is 2. The molecular weight excluding hydrogens is 515 g/mol. The van der Waals surface area contributed by atoms with Gasteiger partial charge in [0.15, 0.2) is 0 Å². The first-order valence-corrected chi connectivity index (χ1v) is 12.4. The Morgan fingerprint density at radius 3 is 1.83 bits per heavy atom. The van der Waals surface area contributed by atoms with E-state index in [9.17, 15) is 0 Å². The van der Waals surface area contributed by atoms with Gasteiger partial charge in [0.05, 0.1) is 0 Å². The summed E-state index contributed by atoms with van der Waals surface area (Å²) in [6, 6.07) is 35.5. The van der Waals surface area contributed by atoms with E-state index in [4.69, 9.17) is 0 Å². The van der Waals surface area contributed by atoms with Gasteiger partial charge in [0, 0.05) is 0 Å². The van der Waals surface area contributed by atoms with Crippen molar-refractivity contribution in [2.24, 2.45) is 0 Å². The Balaban J connectivity index is 0.000000205. The zero-order chi connectivity index (χ0) is 23.8.